The molecule has 0 saturated carbocycles. The van der Waals surface area contributed by atoms with Crippen molar-refractivity contribution < 1.29 is 13.5 Å². The number of nitrogens with one attached hydrogen (secondary N) is 1. The van der Waals surface area contributed by atoms with Crippen molar-refractivity contribution >= 4 is 48.6 Å². The largest absolute Gasteiger partial charge is 0.391 e. The molecule has 0 aliphatic heterocycles. The normalized spacial score (nSPS) is 11.9. The molecule has 0 aliphatic carbocycles. The Balaban J connectivity index is 1.98. The van der Waals surface area contributed by atoms with Gasteiger partial charge < -0.3 is 5.11 Å². The van der Waals surface area contributed by atoms with E-state index in [0.29, 0.717) is 17.8 Å². The molecule has 2 aromatic heterocycles. The Kier molecular flexibility index (Phi) is 5.15. The Morgan fingerprint density at radius 3 is 2.74 bits per heavy atom. The van der Waals surface area contributed by atoms with E-state index < -0.39 is 10.0 Å². The second kappa shape index (κ2) is 6.47. The maximum absolute atomic E-state index is 12.0. The summed E-state index contributed by atoms with van der Waals surface area (Å²) in [5, 5.41) is 10.8. The van der Waals surface area contributed by atoms with Gasteiger partial charge in [0, 0.05) is 16.3 Å². The van der Waals surface area contributed by atoms with Crippen molar-refractivity contribution in [2.75, 3.05) is 6.54 Å². The molecule has 0 spiro atoms. The summed E-state index contributed by atoms with van der Waals surface area (Å²) in [7, 11) is -3.53. The molecule has 4 nitrogen and oxygen atoms in total. The number of halogens is 1. The Morgan fingerprint density at radius 1 is 1.32 bits per heavy atom. The van der Waals surface area contributed by atoms with Crippen LogP contribution in [0.3, 0.4) is 0 Å². The second-order valence-electron chi connectivity index (χ2n) is 3.72. The first-order valence-corrected chi connectivity index (χ1v) is 9.41. The Morgan fingerprint density at radius 2 is 2.11 bits per heavy atom. The van der Waals surface area contributed by atoms with Gasteiger partial charge >= 0.3 is 0 Å². The summed E-state index contributed by atoms with van der Waals surface area (Å²) in [6.07, 6.45) is 0.647. The minimum Gasteiger partial charge on any atom is -0.391 e. The Bertz CT molecular complexity index is 648. The zero-order valence-corrected chi connectivity index (χ0v) is 13.8. The lowest BCUT2D eigenvalue weighted by Gasteiger charge is -2.06. The smallest absolute Gasteiger partial charge is 0.241 e. The SMILES string of the molecule is O=S(=O)(NCCc1ccc(Br)s1)c1ccsc1CO. The highest BCUT2D eigenvalue weighted by Crippen LogP contribution is 2.23. The molecule has 8 heteroatoms. The zero-order chi connectivity index (χ0) is 13.9. The van der Waals surface area contributed by atoms with Crippen LogP contribution in [0.25, 0.3) is 0 Å². The summed E-state index contributed by atoms with van der Waals surface area (Å²) < 4.78 is 27.7. The van der Waals surface area contributed by atoms with Crippen molar-refractivity contribution in [3.63, 3.8) is 0 Å². The Labute approximate surface area is 128 Å². The first kappa shape index (κ1) is 15.1. The Hall–Kier alpha value is -0.250. The van der Waals surface area contributed by atoms with Gasteiger partial charge in [-0.05, 0) is 45.9 Å². The van der Waals surface area contributed by atoms with Crippen molar-refractivity contribution in [3.8, 4) is 0 Å². The van der Waals surface area contributed by atoms with Crippen molar-refractivity contribution in [3.05, 3.63) is 37.1 Å². The molecule has 19 heavy (non-hydrogen) atoms. The van der Waals surface area contributed by atoms with Crippen LogP contribution in [0.5, 0.6) is 0 Å². The van der Waals surface area contributed by atoms with Crippen LogP contribution in [-0.2, 0) is 23.1 Å². The van der Waals surface area contributed by atoms with Gasteiger partial charge in [-0.2, -0.15) is 0 Å². The van der Waals surface area contributed by atoms with Gasteiger partial charge in [-0.15, -0.1) is 22.7 Å². The van der Waals surface area contributed by atoms with Crippen LogP contribution in [0.2, 0.25) is 0 Å². The predicted octanol–water partition coefficient (Wildman–Crippen LogP) is 2.59. The van der Waals surface area contributed by atoms with Crippen molar-refractivity contribution in [2.24, 2.45) is 0 Å². The van der Waals surface area contributed by atoms with Crippen LogP contribution < -0.4 is 4.72 Å². The first-order valence-electron chi connectivity index (χ1n) is 5.44. The van der Waals surface area contributed by atoms with Gasteiger partial charge in [-0.3, -0.25) is 0 Å². The highest BCUT2D eigenvalue weighted by Gasteiger charge is 2.18. The predicted molar refractivity (Wildman–Crippen MR) is 81.2 cm³/mol. The molecule has 2 N–H and O–H groups in total. The van der Waals surface area contributed by atoms with E-state index >= 15 is 0 Å². The topological polar surface area (TPSA) is 66.4 Å². The molecular weight excluding hydrogens is 370 g/mol. The number of thiophene rings is 2. The molecule has 104 valence electrons. The fourth-order valence-corrected chi connectivity index (χ4v) is 5.36. The summed E-state index contributed by atoms with van der Waals surface area (Å²) in [5.74, 6) is 0. The molecule has 0 unspecified atom stereocenters. The summed E-state index contributed by atoms with van der Waals surface area (Å²) in [6, 6.07) is 5.42. The van der Waals surface area contributed by atoms with Crippen LogP contribution in [0.15, 0.2) is 32.3 Å². The quantitative estimate of drug-likeness (QED) is 0.807. The second-order valence-corrected chi connectivity index (χ2v) is 9.00. The number of hydrogen-bond donors (Lipinski definition) is 2. The fourth-order valence-electron chi connectivity index (χ4n) is 1.56. The van der Waals surface area contributed by atoms with Crippen LogP contribution >= 0.6 is 38.6 Å². The molecule has 0 aromatic carbocycles. The van der Waals surface area contributed by atoms with Crippen LogP contribution in [-0.4, -0.2) is 20.1 Å². The number of sulfonamides is 1. The van der Waals surface area contributed by atoms with E-state index in [-0.39, 0.29) is 11.5 Å². The first-order chi connectivity index (χ1) is 9.03. The molecule has 2 rings (SSSR count). The molecule has 0 atom stereocenters. The highest BCUT2D eigenvalue weighted by molar-refractivity contribution is 9.11. The molecular formula is C11H12BrNO3S3. The summed E-state index contributed by atoms with van der Waals surface area (Å²) in [5.41, 5.74) is 0. The number of hydrogen-bond acceptors (Lipinski definition) is 5. The van der Waals surface area contributed by atoms with Crippen molar-refractivity contribution in [1.29, 1.82) is 0 Å². The lowest BCUT2D eigenvalue weighted by atomic mass is 10.3. The number of aliphatic hydroxyl groups excluding tert-OH is 1. The van der Waals surface area contributed by atoms with Gasteiger partial charge in [-0.1, -0.05) is 0 Å². The fraction of sp³-hybridized carbons (Fsp3) is 0.273. The van der Waals surface area contributed by atoms with Gasteiger partial charge in [-0.25, -0.2) is 13.1 Å². The molecule has 0 aliphatic rings. The van der Waals surface area contributed by atoms with Gasteiger partial charge in [0.2, 0.25) is 10.0 Å². The number of rotatable bonds is 6. The van der Waals surface area contributed by atoms with Crippen LogP contribution in [0.1, 0.15) is 9.75 Å². The van der Waals surface area contributed by atoms with Gasteiger partial charge in [0.15, 0.2) is 0 Å². The molecule has 0 radical (unpaired) electrons. The summed E-state index contributed by atoms with van der Waals surface area (Å²) >= 11 is 6.19. The van der Waals surface area contributed by atoms with Gasteiger partial charge in [0.05, 0.1) is 15.3 Å². The van der Waals surface area contributed by atoms with E-state index in [9.17, 15) is 8.42 Å². The molecule has 2 heterocycles. The van der Waals surface area contributed by atoms with Crippen LogP contribution in [0, 0.1) is 0 Å². The van der Waals surface area contributed by atoms with E-state index in [1.165, 1.54) is 17.4 Å². The van der Waals surface area contributed by atoms with Gasteiger partial charge in [0.25, 0.3) is 0 Å². The third-order valence-electron chi connectivity index (χ3n) is 2.43. The molecule has 0 amide bonds. The monoisotopic (exact) mass is 381 g/mol. The van der Waals surface area contributed by atoms with E-state index in [0.717, 1.165) is 8.66 Å². The molecule has 0 bridgehead atoms. The zero-order valence-electron chi connectivity index (χ0n) is 9.80. The van der Waals surface area contributed by atoms with Gasteiger partial charge in [0.1, 0.15) is 0 Å². The summed E-state index contributed by atoms with van der Waals surface area (Å²) in [4.78, 5) is 1.75. The summed E-state index contributed by atoms with van der Waals surface area (Å²) in [6.45, 7) is 0.0851. The van der Waals surface area contributed by atoms with E-state index in [1.807, 2.05) is 12.1 Å². The molecule has 0 fully saturated rings. The van der Waals surface area contributed by atoms with E-state index in [1.54, 1.807) is 16.7 Å². The lowest BCUT2D eigenvalue weighted by Crippen LogP contribution is -2.26. The third-order valence-corrected chi connectivity index (χ3v) is 6.69. The average molecular weight is 382 g/mol. The lowest BCUT2D eigenvalue weighted by molar-refractivity contribution is 0.282. The standard InChI is InChI=1S/C11H12BrNO3S3/c12-11-2-1-8(18-11)3-5-13-19(15,16)10-4-6-17-9(10)7-14/h1-2,4,6,13-14H,3,5,7H2. The van der Waals surface area contributed by atoms with E-state index in [2.05, 4.69) is 20.7 Å². The van der Waals surface area contributed by atoms with E-state index in [4.69, 9.17) is 5.11 Å². The highest BCUT2D eigenvalue weighted by atomic mass is 79.9. The third kappa shape index (κ3) is 3.87. The van der Waals surface area contributed by atoms with Crippen molar-refractivity contribution in [2.45, 2.75) is 17.9 Å². The molecule has 0 saturated heterocycles. The number of aliphatic hydroxyl groups is 1. The average Bonchev–Trinajstić information content (AvgIpc) is 2.97. The minimum atomic E-state index is -3.53. The van der Waals surface area contributed by atoms with Crippen LogP contribution in [0.4, 0.5) is 0 Å². The maximum Gasteiger partial charge on any atom is 0.241 e. The molecule has 2 aromatic rings. The van der Waals surface area contributed by atoms with Crippen molar-refractivity contribution in [1.82, 2.24) is 4.72 Å². The maximum atomic E-state index is 12.0. The minimum absolute atomic E-state index is 0.173.